The number of rotatable bonds is 4. The van der Waals surface area contributed by atoms with E-state index in [1.165, 1.54) is 31.6 Å². The molecule has 2 N–H and O–H groups in total. The number of benzene rings is 1. The molecule has 0 spiro atoms. The van der Waals surface area contributed by atoms with Gasteiger partial charge in [-0.05, 0) is 49.4 Å². The fraction of sp³-hybridized carbons (Fsp3) is 0.571. The summed E-state index contributed by atoms with van der Waals surface area (Å²) < 4.78 is 1.16. The first-order valence-electron chi connectivity index (χ1n) is 6.39. The Kier molecular flexibility index (Phi) is 4.46. The van der Waals surface area contributed by atoms with E-state index in [1.807, 2.05) is 0 Å². The number of hydrogen-bond donors (Lipinski definition) is 1. The molecule has 0 aliphatic carbocycles. The maximum Gasteiger partial charge on any atom is 0.0377 e. The van der Waals surface area contributed by atoms with Gasteiger partial charge in [0, 0.05) is 23.2 Å². The van der Waals surface area contributed by atoms with Crippen LogP contribution in [-0.2, 0) is 0 Å². The molecule has 2 unspecified atom stereocenters. The molecule has 1 saturated heterocycles. The Labute approximate surface area is 112 Å². The van der Waals surface area contributed by atoms with Crippen molar-refractivity contribution in [1.82, 2.24) is 0 Å². The van der Waals surface area contributed by atoms with Crippen LogP contribution in [-0.4, -0.2) is 19.6 Å². The van der Waals surface area contributed by atoms with Gasteiger partial charge in [-0.15, -0.1) is 0 Å². The Hall–Kier alpha value is -0.540. The van der Waals surface area contributed by atoms with Gasteiger partial charge in [-0.3, -0.25) is 0 Å². The standard InChI is InChI=1S/C14H21BrN2/c1-11(9-16)7-12-5-6-17(10-12)14-4-2-3-13(15)8-14/h2-4,8,11-12H,5-7,9-10,16H2,1H3. The number of anilines is 1. The Morgan fingerprint density at radius 2 is 2.35 bits per heavy atom. The highest BCUT2D eigenvalue weighted by atomic mass is 79.9. The van der Waals surface area contributed by atoms with Gasteiger partial charge in [0.1, 0.15) is 0 Å². The molecule has 94 valence electrons. The van der Waals surface area contributed by atoms with Crippen molar-refractivity contribution in [2.24, 2.45) is 17.6 Å². The number of hydrogen-bond acceptors (Lipinski definition) is 2. The summed E-state index contributed by atoms with van der Waals surface area (Å²) >= 11 is 3.53. The zero-order chi connectivity index (χ0) is 12.3. The molecular formula is C14H21BrN2. The van der Waals surface area contributed by atoms with Crippen LogP contribution in [0, 0.1) is 11.8 Å². The lowest BCUT2D eigenvalue weighted by Crippen LogP contribution is -2.21. The van der Waals surface area contributed by atoms with E-state index in [0.717, 1.165) is 16.9 Å². The van der Waals surface area contributed by atoms with Gasteiger partial charge in [0.25, 0.3) is 0 Å². The minimum Gasteiger partial charge on any atom is -0.371 e. The molecular weight excluding hydrogens is 276 g/mol. The van der Waals surface area contributed by atoms with Crippen molar-refractivity contribution in [2.45, 2.75) is 19.8 Å². The van der Waals surface area contributed by atoms with Crippen molar-refractivity contribution < 1.29 is 0 Å². The van der Waals surface area contributed by atoms with E-state index < -0.39 is 0 Å². The lowest BCUT2D eigenvalue weighted by molar-refractivity contribution is 0.423. The van der Waals surface area contributed by atoms with Crippen LogP contribution in [0.15, 0.2) is 28.7 Å². The fourth-order valence-corrected chi connectivity index (χ4v) is 2.98. The van der Waals surface area contributed by atoms with Crippen molar-refractivity contribution in [3.8, 4) is 0 Å². The summed E-state index contributed by atoms with van der Waals surface area (Å²) in [6.07, 6.45) is 2.57. The summed E-state index contributed by atoms with van der Waals surface area (Å²) in [4.78, 5) is 2.48. The van der Waals surface area contributed by atoms with Crippen LogP contribution in [0.2, 0.25) is 0 Å². The second kappa shape index (κ2) is 5.87. The van der Waals surface area contributed by atoms with Gasteiger partial charge in [0.15, 0.2) is 0 Å². The van der Waals surface area contributed by atoms with E-state index in [0.29, 0.717) is 5.92 Å². The van der Waals surface area contributed by atoms with Gasteiger partial charge in [0.2, 0.25) is 0 Å². The average Bonchev–Trinajstić information content (AvgIpc) is 2.77. The zero-order valence-corrected chi connectivity index (χ0v) is 12.0. The Bertz CT molecular complexity index is 367. The Morgan fingerprint density at radius 1 is 1.53 bits per heavy atom. The third-order valence-corrected chi connectivity index (χ3v) is 4.09. The SMILES string of the molecule is CC(CN)CC1CCN(c2cccc(Br)c2)C1. The van der Waals surface area contributed by atoms with Crippen LogP contribution in [0.1, 0.15) is 19.8 Å². The lowest BCUT2D eigenvalue weighted by atomic mass is 9.95. The summed E-state index contributed by atoms with van der Waals surface area (Å²) in [5.74, 6) is 1.47. The molecule has 0 bridgehead atoms. The average molecular weight is 297 g/mol. The van der Waals surface area contributed by atoms with Crippen molar-refractivity contribution in [3.05, 3.63) is 28.7 Å². The van der Waals surface area contributed by atoms with Crippen LogP contribution in [0.25, 0.3) is 0 Å². The summed E-state index contributed by atoms with van der Waals surface area (Å²) in [5, 5.41) is 0. The molecule has 2 rings (SSSR count). The third-order valence-electron chi connectivity index (χ3n) is 3.60. The summed E-state index contributed by atoms with van der Waals surface area (Å²) in [7, 11) is 0. The highest BCUT2D eigenvalue weighted by molar-refractivity contribution is 9.10. The molecule has 1 aliphatic rings. The molecule has 2 nitrogen and oxygen atoms in total. The van der Waals surface area contributed by atoms with Crippen molar-refractivity contribution in [1.29, 1.82) is 0 Å². The van der Waals surface area contributed by atoms with Crippen LogP contribution < -0.4 is 10.6 Å². The molecule has 1 aliphatic heterocycles. The van der Waals surface area contributed by atoms with Crippen molar-refractivity contribution >= 4 is 21.6 Å². The fourth-order valence-electron chi connectivity index (χ4n) is 2.60. The van der Waals surface area contributed by atoms with Gasteiger partial charge >= 0.3 is 0 Å². The zero-order valence-electron chi connectivity index (χ0n) is 10.4. The molecule has 3 heteroatoms. The first kappa shape index (κ1) is 12.9. The molecule has 1 aromatic rings. The monoisotopic (exact) mass is 296 g/mol. The van der Waals surface area contributed by atoms with Gasteiger partial charge < -0.3 is 10.6 Å². The minimum atomic E-state index is 0.655. The lowest BCUT2D eigenvalue weighted by Gasteiger charge is -2.20. The van der Waals surface area contributed by atoms with Crippen molar-refractivity contribution in [3.63, 3.8) is 0 Å². The number of halogens is 1. The first-order chi connectivity index (χ1) is 8.19. The number of nitrogens with zero attached hydrogens (tertiary/aromatic N) is 1. The molecule has 0 radical (unpaired) electrons. The van der Waals surface area contributed by atoms with E-state index in [-0.39, 0.29) is 0 Å². The molecule has 0 saturated carbocycles. The van der Waals surface area contributed by atoms with E-state index >= 15 is 0 Å². The smallest absolute Gasteiger partial charge is 0.0377 e. The summed E-state index contributed by atoms with van der Waals surface area (Å²) in [5.41, 5.74) is 7.03. The molecule has 0 aromatic heterocycles. The normalized spacial score (nSPS) is 21.8. The van der Waals surface area contributed by atoms with Gasteiger partial charge in [-0.1, -0.05) is 28.9 Å². The maximum atomic E-state index is 5.70. The largest absolute Gasteiger partial charge is 0.371 e. The molecule has 1 fully saturated rings. The maximum absolute atomic E-state index is 5.70. The molecule has 1 aromatic carbocycles. The predicted octanol–water partition coefficient (Wildman–Crippen LogP) is 3.26. The van der Waals surface area contributed by atoms with Crippen LogP contribution in [0.3, 0.4) is 0 Å². The molecule has 1 heterocycles. The molecule has 0 amide bonds. The summed E-state index contributed by atoms with van der Waals surface area (Å²) in [6, 6.07) is 8.58. The van der Waals surface area contributed by atoms with Crippen molar-refractivity contribution in [2.75, 3.05) is 24.5 Å². The van der Waals surface area contributed by atoms with E-state index in [2.05, 4.69) is 52.0 Å². The second-order valence-electron chi connectivity index (χ2n) is 5.16. The van der Waals surface area contributed by atoms with Crippen LogP contribution in [0.5, 0.6) is 0 Å². The quantitative estimate of drug-likeness (QED) is 0.924. The van der Waals surface area contributed by atoms with Gasteiger partial charge in [0.05, 0.1) is 0 Å². The third kappa shape index (κ3) is 3.46. The van der Waals surface area contributed by atoms with Gasteiger partial charge in [-0.2, -0.15) is 0 Å². The van der Waals surface area contributed by atoms with Crippen LogP contribution >= 0.6 is 15.9 Å². The highest BCUT2D eigenvalue weighted by Crippen LogP contribution is 2.29. The minimum absolute atomic E-state index is 0.655. The van der Waals surface area contributed by atoms with E-state index in [1.54, 1.807) is 0 Å². The van der Waals surface area contributed by atoms with Gasteiger partial charge in [-0.25, -0.2) is 0 Å². The second-order valence-corrected chi connectivity index (χ2v) is 6.07. The van der Waals surface area contributed by atoms with Crippen LogP contribution in [0.4, 0.5) is 5.69 Å². The number of nitrogens with two attached hydrogens (primary N) is 1. The van der Waals surface area contributed by atoms with E-state index in [4.69, 9.17) is 5.73 Å². The topological polar surface area (TPSA) is 29.3 Å². The van der Waals surface area contributed by atoms with E-state index in [9.17, 15) is 0 Å². The predicted molar refractivity (Wildman–Crippen MR) is 77.3 cm³/mol. The Morgan fingerprint density at radius 3 is 3.06 bits per heavy atom. The first-order valence-corrected chi connectivity index (χ1v) is 7.19. The molecule has 17 heavy (non-hydrogen) atoms. The Balaban J connectivity index is 1.93. The summed E-state index contributed by atoms with van der Waals surface area (Å²) in [6.45, 7) is 5.42. The highest BCUT2D eigenvalue weighted by Gasteiger charge is 2.23. The molecule has 2 atom stereocenters.